The molecule has 1 aromatic rings. The van der Waals surface area contributed by atoms with E-state index in [0.717, 1.165) is 6.42 Å². The molecule has 2 rings (SSSR count). The molecule has 6 heteroatoms. The Morgan fingerprint density at radius 2 is 2.20 bits per heavy atom. The molecule has 1 fully saturated rings. The monoisotopic (exact) mass is 281 g/mol. The van der Waals surface area contributed by atoms with Crippen LogP contribution in [0.25, 0.3) is 0 Å². The predicted octanol–water partition coefficient (Wildman–Crippen LogP) is 1.99. The minimum atomic E-state index is -0.686. The molecular formula is C14H23N3O3. The Labute approximate surface area is 118 Å². The van der Waals surface area contributed by atoms with Gasteiger partial charge in [-0.1, -0.05) is 25.9 Å². The molecule has 1 heterocycles. The number of carboxylic acids is 1. The maximum atomic E-state index is 11.4. The van der Waals surface area contributed by atoms with Gasteiger partial charge in [-0.05, 0) is 24.2 Å². The van der Waals surface area contributed by atoms with E-state index in [1.165, 1.54) is 0 Å². The van der Waals surface area contributed by atoms with Crippen LogP contribution in [0.2, 0.25) is 0 Å². The number of hydrogen-bond donors (Lipinski definition) is 2. The first-order valence-electron chi connectivity index (χ1n) is 7.07. The van der Waals surface area contributed by atoms with E-state index in [-0.39, 0.29) is 23.3 Å². The van der Waals surface area contributed by atoms with Gasteiger partial charge in [0.1, 0.15) is 0 Å². The first-order chi connectivity index (χ1) is 9.32. The second kappa shape index (κ2) is 5.52. The maximum Gasteiger partial charge on any atom is 0.307 e. The number of aromatic nitrogens is 2. The summed E-state index contributed by atoms with van der Waals surface area (Å²) in [6.45, 7) is 8.53. The smallest absolute Gasteiger partial charge is 0.307 e. The predicted molar refractivity (Wildman–Crippen MR) is 73.0 cm³/mol. The van der Waals surface area contributed by atoms with Crippen molar-refractivity contribution >= 4 is 5.97 Å². The van der Waals surface area contributed by atoms with Gasteiger partial charge in [0, 0.05) is 13.0 Å². The number of aliphatic carboxylic acids is 1. The number of carboxylic acid groups (broad SMARTS) is 1. The molecule has 2 N–H and O–H groups in total. The summed E-state index contributed by atoms with van der Waals surface area (Å²) in [6, 6.07) is 0.277. The molecule has 0 spiro atoms. The van der Waals surface area contributed by atoms with Gasteiger partial charge in [0.05, 0.1) is 12.5 Å². The van der Waals surface area contributed by atoms with Crippen LogP contribution in [0, 0.1) is 24.2 Å². The molecular weight excluding hydrogens is 258 g/mol. The van der Waals surface area contributed by atoms with Gasteiger partial charge in [-0.3, -0.25) is 4.79 Å². The molecule has 1 aliphatic rings. The standard InChI is InChI=1S/C14H23N3O3/c1-8-11(15-7-12-16-9(2)20-17-12)6-5-10(13(18)19)14(8,3)4/h8,10-11,15H,5-7H2,1-4H3,(H,18,19). The second-order valence-electron chi connectivity index (χ2n) is 6.30. The molecule has 6 nitrogen and oxygen atoms in total. The lowest BCUT2D eigenvalue weighted by atomic mass is 9.61. The van der Waals surface area contributed by atoms with Gasteiger partial charge in [0.2, 0.25) is 5.89 Å². The Kier molecular flexibility index (Phi) is 4.13. The average Bonchev–Trinajstić information content (AvgIpc) is 2.76. The Balaban J connectivity index is 1.99. The second-order valence-corrected chi connectivity index (χ2v) is 6.30. The summed E-state index contributed by atoms with van der Waals surface area (Å²) in [6.07, 6.45) is 1.56. The highest BCUT2D eigenvalue weighted by Crippen LogP contribution is 2.45. The van der Waals surface area contributed by atoms with Gasteiger partial charge in [-0.25, -0.2) is 0 Å². The van der Waals surface area contributed by atoms with Crippen LogP contribution in [0.15, 0.2) is 4.52 Å². The van der Waals surface area contributed by atoms with Gasteiger partial charge >= 0.3 is 5.97 Å². The van der Waals surface area contributed by atoms with Crippen LogP contribution in [-0.4, -0.2) is 27.3 Å². The SMILES string of the molecule is Cc1nc(CNC2CCC(C(=O)O)C(C)(C)C2C)no1. The minimum absolute atomic E-state index is 0.227. The van der Waals surface area contributed by atoms with Crippen LogP contribution in [0.3, 0.4) is 0 Å². The van der Waals surface area contributed by atoms with Crippen LogP contribution in [0.5, 0.6) is 0 Å². The fourth-order valence-electron chi connectivity index (χ4n) is 3.16. The van der Waals surface area contributed by atoms with Crippen molar-refractivity contribution in [3.63, 3.8) is 0 Å². The molecule has 0 amide bonds. The number of rotatable bonds is 4. The highest BCUT2D eigenvalue weighted by molar-refractivity contribution is 5.71. The summed E-state index contributed by atoms with van der Waals surface area (Å²) in [5.74, 6) is 0.514. The lowest BCUT2D eigenvalue weighted by Gasteiger charge is -2.46. The van der Waals surface area contributed by atoms with Crippen molar-refractivity contribution in [1.29, 1.82) is 0 Å². The topological polar surface area (TPSA) is 88.2 Å². The number of nitrogens with zero attached hydrogens (tertiary/aromatic N) is 2. The molecule has 3 unspecified atom stereocenters. The van der Waals surface area contributed by atoms with Crippen LogP contribution >= 0.6 is 0 Å². The van der Waals surface area contributed by atoms with E-state index in [1.54, 1.807) is 6.92 Å². The molecule has 1 aliphatic carbocycles. The van der Waals surface area contributed by atoms with Crippen molar-refractivity contribution in [2.45, 2.75) is 53.1 Å². The summed E-state index contributed by atoms with van der Waals surface area (Å²) in [5.41, 5.74) is -0.227. The van der Waals surface area contributed by atoms with Crippen LogP contribution in [0.4, 0.5) is 0 Å². The average molecular weight is 281 g/mol. The lowest BCUT2D eigenvalue weighted by Crippen LogP contribution is -2.50. The normalized spacial score (nSPS) is 29.3. The Bertz CT molecular complexity index is 484. The van der Waals surface area contributed by atoms with Crippen molar-refractivity contribution in [2.24, 2.45) is 17.3 Å². The first kappa shape index (κ1) is 15.0. The van der Waals surface area contributed by atoms with Gasteiger partial charge in [-0.15, -0.1) is 0 Å². The van der Waals surface area contributed by atoms with E-state index in [9.17, 15) is 9.90 Å². The Morgan fingerprint density at radius 1 is 1.50 bits per heavy atom. The van der Waals surface area contributed by atoms with Crippen molar-refractivity contribution in [3.05, 3.63) is 11.7 Å². The van der Waals surface area contributed by atoms with E-state index in [0.29, 0.717) is 24.7 Å². The van der Waals surface area contributed by atoms with Crippen LogP contribution < -0.4 is 5.32 Å². The summed E-state index contributed by atoms with van der Waals surface area (Å²) >= 11 is 0. The highest BCUT2D eigenvalue weighted by atomic mass is 16.5. The molecule has 0 aromatic carbocycles. The van der Waals surface area contributed by atoms with Gasteiger partial charge in [-0.2, -0.15) is 4.98 Å². The van der Waals surface area contributed by atoms with E-state index in [4.69, 9.17) is 4.52 Å². The summed E-state index contributed by atoms with van der Waals surface area (Å²) in [5, 5.41) is 16.6. The van der Waals surface area contributed by atoms with E-state index in [1.807, 2.05) is 13.8 Å². The summed E-state index contributed by atoms with van der Waals surface area (Å²) in [4.78, 5) is 15.5. The molecule has 1 aromatic heterocycles. The number of carbonyl (C=O) groups is 1. The van der Waals surface area contributed by atoms with Crippen molar-refractivity contribution in [2.75, 3.05) is 0 Å². The number of hydrogen-bond acceptors (Lipinski definition) is 5. The van der Waals surface area contributed by atoms with Crippen molar-refractivity contribution in [3.8, 4) is 0 Å². The molecule has 112 valence electrons. The quantitative estimate of drug-likeness (QED) is 0.877. The van der Waals surface area contributed by atoms with Gasteiger partial charge in [0.25, 0.3) is 0 Å². The minimum Gasteiger partial charge on any atom is -0.481 e. The number of nitrogens with one attached hydrogen (secondary N) is 1. The molecule has 20 heavy (non-hydrogen) atoms. The molecule has 0 aliphatic heterocycles. The zero-order chi connectivity index (χ0) is 14.9. The van der Waals surface area contributed by atoms with Gasteiger partial charge in [0.15, 0.2) is 5.82 Å². The molecule has 0 bridgehead atoms. The molecule has 1 saturated carbocycles. The Morgan fingerprint density at radius 3 is 2.75 bits per heavy atom. The van der Waals surface area contributed by atoms with Crippen LogP contribution in [-0.2, 0) is 11.3 Å². The summed E-state index contributed by atoms with van der Waals surface area (Å²) < 4.78 is 4.94. The lowest BCUT2D eigenvalue weighted by molar-refractivity contribution is -0.150. The fourth-order valence-corrected chi connectivity index (χ4v) is 3.16. The summed E-state index contributed by atoms with van der Waals surface area (Å²) in [7, 11) is 0. The Hall–Kier alpha value is -1.43. The number of aryl methyl sites for hydroxylation is 1. The fraction of sp³-hybridized carbons (Fsp3) is 0.786. The van der Waals surface area contributed by atoms with E-state index >= 15 is 0 Å². The molecule has 0 radical (unpaired) electrons. The van der Waals surface area contributed by atoms with E-state index in [2.05, 4.69) is 22.4 Å². The van der Waals surface area contributed by atoms with E-state index < -0.39 is 5.97 Å². The zero-order valence-electron chi connectivity index (χ0n) is 12.5. The third kappa shape index (κ3) is 2.85. The van der Waals surface area contributed by atoms with Crippen molar-refractivity contribution in [1.82, 2.24) is 15.5 Å². The highest BCUT2D eigenvalue weighted by Gasteiger charge is 2.46. The third-order valence-corrected chi connectivity index (χ3v) is 4.83. The maximum absolute atomic E-state index is 11.4. The third-order valence-electron chi connectivity index (χ3n) is 4.83. The van der Waals surface area contributed by atoms with Crippen molar-refractivity contribution < 1.29 is 14.4 Å². The van der Waals surface area contributed by atoms with Gasteiger partial charge < -0.3 is 14.9 Å². The molecule has 0 saturated heterocycles. The molecule has 3 atom stereocenters. The first-order valence-corrected chi connectivity index (χ1v) is 7.07. The largest absolute Gasteiger partial charge is 0.481 e. The van der Waals surface area contributed by atoms with Crippen LogP contribution in [0.1, 0.15) is 45.3 Å². The zero-order valence-corrected chi connectivity index (χ0v) is 12.5.